The van der Waals surface area contributed by atoms with E-state index in [0.29, 0.717) is 5.56 Å². The minimum Gasteiger partial charge on any atom is -0.502 e. The molecule has 1 N–H and O–H groups in total. The van der Waals surface area contributed by atoms with E-state index in [9.17, 15) is 4.79 Å². The van der Waals surface area contributed by atoms with Crippen LogP contribution in [0, 0.1) is 13.8 Å². The average molecular weight is 140 g/mol. The van der Waals surface area contributed by atoms with Crippen LogP contribution in [0.3, 0.4) is 0 Å². The van der Waals surface area contributed by atoms with Gasteiger partial charge in [0, 0.05) is 5.56 Å². The number of rotatable bonds is 0. The Morgan fingerprint density at radius 2 is 2.10 bits per heavy atom. The number of hydrogen-bond donors (Lipinski definition) is 1. The zero-order valence-electron chi connectivity index (χ0n) is 5.84. The minimum atomic E-state index is -0.358. The van der Waals surface area contributed by atoms with Crippen LogP contribution < -0.4 is 5.43 Å². The van der Waals surface area contributed by atoms with Crippen molar-refractivity contribution >= 4 is 0 Å². The third-order valence-corrected chi connectivity index (χ3v) is 1.32. The molecule has 54 valence electrons. The molecule has 3 nitrogen and oxygen atoms in total. The quantitative estimate of drug-likeness (QED) is 0.584. The topological polar surface area (TPSA) is 50.4 Å². The molecule has 0 saturated carbocycles. The largest absolute Gasteiger partial charge is 0.502 e. The maximum Gasteiger partial charge on any atom is 0.229 e. The lowest BCUT2D eigenvalue weighted by Gasteiger charge is -1.95. The van der Waals surface area contributed by atoms with Crippen molar-refractivity contribution in [2.24, 2.45) is 0 Å². The van der Waals surface area contributed by atoms with Crippen molar-refractivity contribution in [3.05, 3.63) is 27.8 Å². The first kappa shape index (κ1) is 6.86. The highest BCUT2D eigenvalue weighted by atomic mass is 16.4. The molecular formula is C7H8O3. The highest BCUT2D eigenvalue weighted by Crippen LogP contribution is 2.09. The molecule has 0 bridgehead atoms. The van der Waals surface area contributed by atoms with Gasteiger partial charge >= 0.3 is 0 Å². The lowest BCUT2D eigenvalue weighted by molar-refractivity contribution is 0.409. The molecule has 0 radical (unpaired) electrons. The van der Waals surface area contributed by atoms with Gasteiger partial charge in [0.1, 0.15) is 5.76 Å². The summed E-state index contributed by atoms with van der Waals surface area (Å²) in [6.07, 6.45) is 1.33. The second-order valence-corrected chi connectivity index (χ2v) is 2.15. The van der Waals surface area contributed by atoms with Gasteiger partial charge in [-0.25, -0.2) is 0 Å². The van der Waals surface area contributed by atoms with Gasteiger partial charge in [-0.05, 0) is 13.8 Å². The zero-order chi connectivity index (χ0) is 7.72. The summed E-state index contributed by atoms with van der Waals surface area (Å²) < 4.78 is 4.82. The Morgan fingerprint density at radius 1 is 1.50 bits per heavy atom. The smallest absolute Gasteiger partial charge is 0.229 e. The summed E-state index contributed by atoms with van der Waals surface area (Å²) in [6.45, 7) is 3.13. The normalized spacial score (nSPS) is 9.80. The molecule has 0 spiro atoms. The van der Waals surface area contributed by atoms with Crippen molar-refractivity contribution in [3.63, 3.8) is 0 Å². The van der Waals surface area contributed by atoms with Crippen molar-refractivity contribution in [2.45, 2.75) is 13.8 Å². The van der Waals surface area contributed by atoms with Crippen LogP contribution in [0.15, 0.2) is 15.5 Å². The molecule has 0 aliphatic carbocycles. The molecule has 0 saturated heterocycles. The average Bonchev–Trinajstić information content (AvgIpc) is 1.93. The molecule has 3 heteroatoms. The molecule has 1 rings (SSSR count). The number of aryl methyl sites for hydroxylation is 2. The molecule has 1 heterocycles. The van der Waals surface area contributed by atoms with E-state index in [1.165, 1.54) is 13.2 Å². The van der Waals surface area contributed by atoms with Crippen molar-refractivity contribution in [2.75, 3.05) is 0 Å². The van der Waals surface area contributed by atoms with Gasteiger partial charge in [0.05, 0.1) is 6.26 Å². The second-order valence-electron chi connectivity index (χ2n) is 2.15. The molecule has 0 fully saturated rings. The monoisotopic (exact) mass is 140 g/mol. The maximum atomic E-state index is 10.9. The summed E-state index contributed by atoms with van der Waals surface area (Å²) in [7, 11) is 0. The standard InChI is InChI=1S/C7H8O3/c1-4-3-10-5(2)7(9)6(4)8/h3,9H,1-2H3. The highest BCUT2D eigenvalue weighted by Gasteiger charge is 2.04. The Hall–Kier alpha value is -1.25. The van der Waals surface area contributed by atoms with Gasteiger partial charge in [-0.1, -0.05) is 0 Å². The summed E-state index contributed by atoms with van der Waals surface area (Å²) >= 11 is 0. The van der Waals surface area contributed by atoms with Gasteiger partial charge in [0.15, 0.2) is 0 Å². The summed E-state index contributed by atoms with van der Waals surface area (Å²) in [5.41, 5.74) is 0.0619. The summed E-state index contributed by atoms with van der Waals surface area (Å²) in [5, 5.41) is 8.98. The van der Waals surface area contributed by atoms with Crippen LogP contribution in [0.2, 0.25) is 0 Å². The molecule has 0 aromatic carbocycles. The van der Waals surface area contributed by atoms with Crippen LogP contribution in [0.25, 0.3) is 0 Å². The number of aromatic hydroxyl groups is 1. The van der Waals surface area contributed by atoms with Crippen LogP contribution in [0.1, 0.15) is 11.3 Å². The van der Waals surface area contributed by atoms with Crippen molar-refractivity contribution in [1.82, 2.24) is 0 Å². The van der Waals surface area contributed by atoms with Gasteiger partial charge in [0.25, 0.3) is 0 Å². The van der Waals surface area contributed by atoms with Crippen LogP contribution in [-0.2, 0) is 0 Å². The van der Waals surface area contributed by atoms with Gasteiger partial charge in [-0.15, -0.1) is 0 Å². The Kier molecular flexibility index (Phi) is 1.49. The first-order valence-corrected chi connectivity index (χ1v) is 2.91. The molecule has 0 unspecified atom stereocenters. The van der Waals surface area contributed by atoms with Crippen LogP contribution in [-0.4, -0.2) is 5.11 Å². The zero-order valence-corrected chi connectivity index (χ0v) is 5.84. The summed E-state index contributed by atoms with van der Waals surface area (Å²) in [4.78, 5) is 10.9. The Morgan fingerprint density at radius 3 is 2.60 bits per heavy atom. The fraction of sp³-hybridized carbons (Fsp3) is 0.286. The molecule has 1 aromatic rings. The molecule has 0 amide bonds. The molecular weight excluding hydrogens is 132 g/mol. The Balaban J connectivity index is 3.50. The second kappa shape index (κ2) is 2.17. The van der Waals surface area contributed by atoms with Crippen molar-refractivity contribution in [3.8, 4) is 5.75 Å². The van der Waals surface area contributed by atoms with E-state index in [1.807, 2.05) is 0 Å². The fourth-order valence-electron chi connectivity index (χ4n) is 0.633. The van der Waals surface area contributed by atoms with E-state index >= 15 is 0 Å². The van der Waals surface area contributed by atoms with Gasteiger partial charge in [-0.2, -0.15) is 0 Å². The van der Waals surface area contributed by atoms with E-state index in [0.717, 1.165) is 0 Å². The van der Waals surface area contributed by atoms with E-state index in [-0.39, 0.29) is 16.9 Å². The Labute approximate surface area is 57.9 Å². The predicted molar refractivity (Wildman–Crippen MR) is 36.1 cm³/mol. The third-order valence-electron chi connectivity index (χ3n) is 1.32. The molecule has 1 aromatic heterocycles. The van der Waals surface area contributed by atoms with E-state index in [1.54, 1.807) is 6.92 Å². The minimum absolute atomic E-state index is 0.260. The van der Waals surface area contributed by atoms with Crippen LogP contribution >= 0.6 is 0 Å². The van der Waals surface area contributed by atoms with Gasteiger partial charge in [-0.3, -0.25) is 4.79 Å². The summed E-state index contributed by atoms with van der Waals surface area (Å²) in [5.74, 6) is -0.0319. The van der Waals surface area contributed by atoms with E-state index in [4.69, 9.17) is 9.52 Å². The highest BCUT2D eigenvalue weighted by molar-refractivity contribution is 5.25. The lowest BCUT2D eigenvalue weighted by Crippen LogP contribution is -2.04. The molecule has 10 heavy (non-hydrogen) atoms. The third kappa shape index (κ3) is 0.900. The van der Waals surface area contributed by atoms with E-state index < -0.39 is 0 Å². The fourth-order valence-corrected chi connectivity index (χ4v) is 0.633. The Bertz CT molecular complexity index is 298. The number of hydrogen-bond acceptors (Lipinski definition) is 3. The molecule has 0 aliphatic rings. The SMILES string of the molecule is Cc1occ(C)c(=O)c1O. The van der Waals surface area contributed by atoms with Crippen molar-refractivity contribution in [1.29, 1.82) is 0 Å². The lowest BCUT2D eigenvalue weighted by atomic mass is 10.3. The maximum absolute atomic E-state index is 10.9. The van der Waals surface area contributed by atoms with Crippen molar-refractivity contribution < 1.29 is 9.52 Å². The van der Waals surface area contributed by atoms with Crippen LogP contribution in [0.4, 0.5) is 0 Å². The predicted octanol–water partition coefficient (Wildman–Crippen LogP) is 0.962. The first-order chi connectivity index (χ1) is 4.63. The van der Waals surface area contributed by atoms with E-state index in [2.05, 4.69) is 0 Å². The van der Waals surface area contributed by atoms with Gasteiger partial charge < -0.3 is 9.52 Å². The van der Waals surface area contributed by atoms with Gasteiger partial charge in [0.2, 0.25) is 11.2 Å². The summed E-state index contributed by atoms with van der Waals surface area (Å²) in [6, 6.07) is 0. The molecule has 0 atom stereocenters. The molecule has 0 aliphatic heterocycles. The van der Waals surface area contributed by atoms with Crippen LogP contribution in [0.5, 0.6) is 5.75 Å². The first-order valence-electron chi connectivity index (χ1n) is 2.91.